The summed E-state index contributed by atoms with van der Waals surface area (Å²) in [6.45, 7) is 0. The number of rotatable bonds is 2. The second-order valence-corrected chi connectivity index (χ2v) is 2.39. The van der Waals surface area contributed by atoms with Crippen LogP contribution < -0.4 is 40.7 Å². The summed E-state index contributed by atoms with van der Waals surface area (Å²) in [4.78, 5) is 7.68. The Kier molecular flexibility index (Phi) is 18.9. The van der Waals surface area contributed by atoms with Crippen molar-refractivity contribution >= 4 is 29.6 Å². The molecule has 0 saturated carbocycles. The Balaban J connectivity index is -0.000000339. The van der Waals surface area contributed by atoms with E-state index in [-0.39, 0.29) is 37.3 Å². The minimum absolute atomic E-state index is 0. The van der Waals surface area contributed by atoms with Crippen molar-refractivity contribution in [3.8, 4) is 11.9 Å². The van der Waals surface area contributed by atoms with Crippen LogP contribution in [0.15, 0.2) is 4.60 Å². The second kappa shape index (κ2) is 13.2. The molecule has 1 aromatic heterocycles. The molecule has 0 atom stereocenters. The molecule has 1 rings (SSSR count). The van der Waals surface area contributed by atoms with Gasteiger partial charge in [0.2, 0.25) is 0 Å². The fourth-order valence-electron chi connectivity index (χ4n) is 0.528. The first kappa shape index (κ1) is 21.4. The molecule has 0 bridgehead atoms. The Hall–Kier alpha value is 1.15. The van der Waals surface area contributed by atoms with Gasteiger partial charge < -0.3 is 27.9 Å². The van der Waals surface area contributed by atoms with Crippen molar-refractivity contribution in [2.45, 2.75) is 0 Å². The molecule has 0 spiro atoms. The quantitative estimate of drug-likeness (QED) is 0.285. The zero-order chi connectivity index (χ0) is 10.3. The van der Waals surface area contributed by atoms with Gasteiger partial charge in [-0.15, -0.1) is 0 Å². The number of hydrogen-bond acceptors (Lipinski definition) is 4. The van der Waals surface area contributed by atoms with Gasteiger partial charge in [-0.25, -0.2) is 4.98 Å². The third-order valence-corrected chi connectivity index (χ3v) is 1.35. The molecule has 0 unspecified atom stereocenters. The van der Waals surface area contributed by atoms with Gasteiger partial charge >= 0.3 is 54.8 Å². The summed E-state index contributed by atoms with van der Waals surface area (Å²) in [5.41, 5.74) is 0. The van der Waals surface area contributed by atoms with Gasteiger partial charge in [0, 0.05) is 5.88 Å². The molecule has 9 heteroatoms. The first-order valence-electron chi connectivity index (χ1n) is 3.08. The van der Waals surface area contributed by atoms with Crippen LogP contribution in [0, 0.1) is 6.07 Å². The third-order valence-electron chi connectivity index (χ3n) is 0.977. The van der Waals surface area contributed by atoms with Crippen molar-refractivity contribution in [2.75, 3.05) is 14.2 Å². The van der Waals surface area contributed by atoms with Crippen LogP contribution in [0.1, 0.15) is 0 Å². The predicted octanol–water partition coefficient (Wildman–Crippen LogP) is -4.09. The number of hydrogen-bond donors (Lipinski definition) is 0. The standard InChI is InChI=1S/C6H6BrN2O2.BrH.ClH.Li.Zn/c1-10-5-3-4(7)8-6(9-5)11-2;;;;/h1-2H3;2*1H;;/q-1;;;+1;+2/p-2. The van der Waals surface area contributed by atoms with E-state index in [0.717, 1.165) is 0 Å². The summed E-state index contributed by atoms with van der Waals surface area (Å²) in [6.07, 6.45) is 0. The van der Waals surface area contributed by atoms with E-state index >= 15 is 0 Å². The van der Waals surface area contributed by atoms with E-state index in [2.05, 4.69) is 45.6 Å². The normalized spacial score (nSPS) is 7.33. The number of halogens is 3. The number of nitrogens with zero attached hydrogens (tertiary/aromatic N) is 2. The van der Waals surface area contributed by atoms with Crippen LogP contribution in [-0.4, -0.2) is 24.2 Å². The molecule has 0 N–H and O–H groups in total. The SMILES string of the molecule is COc1[c-]c(Br)nc(OC)n1.[Cl-].[Li+].[Zn+][Br]. The van der Waals surface area contributed by atoms with Crippen molar-refractivity contribution in [3.63, 3.8) is 0 Å². The fourth-order valence-corrected chi connectivity index (χ4v) is 0.849. The monoisotopic (exact) mass is 402 g/mol. The average molecular weight is 406 g/mol. The average Bonchev–Trinajstić information content (AvgIpc) is 2.20. The topological polar surface area (TPSA) is 44.2 Å². The molecule has 76 valence electrons. The van der Waals surface area contributed by atoms with Crippen LogP contribution >= 0.6 is 29.6 Å². The van der Waals surface area contributed by atoms with Gasteiger partial charge in [-0.2, -0.15) is 4.98 Å². The van der Waals surface area contributed by atoms with Gasteiger partial charge in [0.05, 0.1) is 14.2 Å². The summed E-state index contributed by atoms with van der Waals surface area (Å²) < 4.78 is 10.1. The summed E-state index contributed by atoms with van der Waals surface area (Å²) >= 11 is 7.38. The predicted molar refractivity (Wildman–Crippen MR) is 50.6 cm³/mol. The van der Waals surface area contributed by atoms with E-state index in [1.807, 2.05) is 0 Å². The molecule has 4 nitrogen and oxygen atoms in total. The molecule has 0 aliphatic carbocycles. The van der Waals surface area contributed by atoms with E-state index in [1.54, 1.807) is 0 Å². The van der Waals surface area contributed by atoms with Gasteiger partial charge in [-0.3, -0.25) is 0 Å². The molecule has 1 heterocycles. The van der Waals surface area contributed by atoms with E-state index in [4.69, 9.17) is 9.47 Å². The molecule has 0 aliphatic rings. The third kappa shape index (κ3) is 8.91. The number of ether oxygens (including phenoxy) is 2. The molecule has 0 aromatic carbocycles. The van der Waals surface area contributed by atoms with Crippen LogP contribution in [0.4, 0.5) is 0 Å². The van der Waals surface area contributed by atoms with E-state index in [9.17, 15) is 0 Å². The maximum absolute atomic E-state index is 4.82. The van der Waals surface area contributed by atoms with Crippen molar-refractivity contribution < 1.29 is 57.1 Å². The van der Waals surface area contributed by atoms with Crippen molar-refractivity contribution in [1.82, 2.24) is 9.97 Å². The van der Waals surface area contributed by atoms with Gasteiger partial charge in [0.1, 0.15) is 0 Å². The summed E-state index contributed by atoms with van der Waals surface area (Å²) in [6, 6.07) is 2.98. The zero-order valence-electron chi connectivity index (χ0n) is 8.55. The van der Waals surface area contributed by atoms with Crippen LogP contribution in [0.25, 0.3) is 0 Å². The fraction of sp³-hybridized carbons (Fsp3) is 0.333. The number of aromatic nitrogens is 2. The Morgan fingerprint density at radius 3 is 2.13 bits per heavy atom. The molecule has 1 aromatic rings. The molecule has 0 radical (unpaired) electrons. The summed E-state index contributed by atoms with van der Waals surface area (Å²) in [5, 5.41) is 0. The maximum atomic E-state index is 4.82. The first-order chi connectivity index (χ1) is 6.26. The molecule has 0 fully saturated rings. The van der Waals surface area contributed by atoms with Gasteiger partial charge in [0.25, 0.3) is 0 Å². The van der Waals surface area contributed by atoms with Crippen LogP contribution in [0.3, 0.4) is 0 Å². The van der Waals surface area contributed by atoms with E-state index in [0.29, 0.717) is 10.5 Å². The summed E-state index contributed by atoms with van der Waals surface area (Å²) in [5.74, 6) is 0.351. The Labute approximate surface area is 132 Å². The van der Waals surface area contributed by atoms with E-state index < -0.39 is 0 Å². The van der Waals surface area contributed by atoms with Crippen LogP contribution in [-0.2, 0) is 16.3 Å². The van der Waals surface area contributed by atoms with Gasteiger partial charge in [-0.1, -0.05) is 20.5 Å². The molecular formula is C6H6Br2ClLiN2O2Zn. The molecule has 0 amide bonds. The Morgan fingerprint density at radius 2 is 1.73 bits per heavy atom. The molecular weight excluding hydrogens is 400 g/mol. The Morgan fingerprint density at radius 1 is 1.20 bits per heavy atom. The second-order valence-electron chi connectivity index (χ2n) is 1.64. The van der Waals surface area contributed by atoms with E-state index in [1.165, 1.54) is 30.6 Å². The Bertz CT molecular complexity index is 251. The van der Waals surface area contributed by atoms with Crippen molar-refractivity contribution in [3.05, 3.63) is 10.7 Å². The van der Waals surface area contributed by atoms with Crippen LogP contribution in [0.5, 0.6) is 11.9 Å². The summed E-state index contributed by atoms with van der Waals surface area (Å²) in [7, 11) is 2.99. The molecule has 15 heavy (non-hydrogen) atoms. The van der Waals surface area contributed by atoms with Gasteiger partial charge in [0.15, 0.2) is 0 Å². The van der Waals surface area contributed by atoms with Crippen molar-refractivity contribution in [2.24, 2.45) is 0 Å². The molecule has 0 saturated heterocycles. The van der Waals surface area contributed by atoms with Crippen molar-refractivity contribution in [1.29, 1.82) is 0 Å². The van der Waals surface area contributed by atoms with Crippen LogP contribution in [0.2, 0.25) is 0 Å². The van der Waals surface area contributed by atoms with Gasteiger partial charge in [-0.05, 0) is 0 Å². The first-order valence-corrected chi connectivity index (χ1v) is 10.8. The zero-order valence-corrected chi connectivity index (χ0v) is 15.4. The molecule has 0 aliphatic heterocycles. The minimum atomic E-state index is 0. The number of methoxy groups -OCH3 is 2.